The molecular formula is C28H30F5OP. The fourth-order valence-corrected chi connectivity index (χ4v) is 5.45. The molecule has 3 aromatic carbocycles. The Morgan fingerprint density at radius 3 is 1.80 bits per heavy atom. The summed E-state index contributed by atoms with van der Waals surface area (Å²) in [5.74, 6) is -8.99. The van der Waals surface area contributed by atoms with E-state index in [2.05, 4.69) is 0 Å². The predicted molar refractivity (Wildman–Crippen MR) is 132 cm³/mol. The van der Waals surface area contributed by atoms with Crippen molar-refractivity contribution in [3.05, 3.63) is 93.8 Å². The van der Waals surface area contributed by atoms with Gasteiger partial charge in [0.05, 0.1) is 5.30 Å². The van der Waals surface area contributed by atoms with E-state index in [-0.39, 0.29) is 12.0 Å². The van der Waals surface area contributed by atoms with Crippen LogP contribution in [0.1, 0.15) is 63.3 Å². The first-order valence-corrected chi connectivity index (χ1v) is 12.4. The Morgan fingerprint density at radius 2 is 1.29 bits per heavy atom. The highest BCUT2D eigenvalue weighted by Gasteiger charge is 2.36. The molecule has 0 aromatic heterocycles. The van der Waals surface area contributed by atoms with Crippen LogP contribution in [0.15, 0.2) is 42.5 Å². The molecule has 1 nitrogen and oxygen atoms in total. The fraction of sp³-hybridized carbons (Fsp3) is 0.357. The van der Waals surface area contributed by atoms with Gasteiger partial charge in [0.15, 0.2) is 23.3 Å². The van der Waals surface area contributed by atoms with Crippen molar-refractivity contribution in [3.8, 4) is 5.75 Å². The second-order valence-electron chi connectivity index (χ2n) is 9.97. The maximum Gasteiger partial charge on any atom is 0.200 e. The van der Waals surface area contributed by atoms with E-state index in [1.165, 1.54) is 0 Å². The Kier molecular flexibility index (Phi) is 7.96. The summed E-state index contributed by atoms with van der Waals surface area (Å²) in [5, 5.41) is -1.74. The summed E-state index contributed by atoms with van der Waals surface area (Å²) in [6.45, 7) is 11.9. The molecule has 0 aliphatic carbocycles. The minimum Gasteiger partial charge on any atom is -0.488 e. The normalized spacial score (nSPS) is 13.9. The van der Waals surface area contributed by atoms with Crippen molar-refractivity contribution in [2.45, 2.75) is 65.1 Å². The van der Waals surface area contributed by atoms with E-state index >= 15 is 0 Å². The van der Waals surface area contributed by atoms with Crippen LogP contribution in [0, 0.1) is 36.0 Å². The van der Waals surface area contributed by atoms with Gasteiger partial charge in [-0.1, -0.05) is 91.2 Å². The molecule has 3 aromatic rings. The molecule has 7 heteroatoms. The van der Waals surface area contributed by atoms with Crippen molar-refractivity contribution >= 4 is 13.9 Å². The Hall–Kier alpha value is -2.46. The molecule has 0 aliphatic rings. The maximum atomic E-state index is 14.7. The van der Waals surface area contributed by atoms with Gasteiger partial charge in [-0.3, -0.25) is 0 Å². The minimum atomic E-state index is -2.15. The van der Waals surface area contributed by atoms with E-state index in [9.17, 15) is 22.0 Å². The Labute approximate surface area is 205 Å². The molecule has 0 heterocycles. The zero-order valence-electron chi connectivity index (χ0n) is 20.8. The third-order valence-corrected chi connectivity index (χ3v) is 8.04. The standard InChI is InChI=1S/C28H30F5OP/c1-7-28(6,35-26-23(32)21(30)20(29)22(31)24(26)33)19-14-16(2)13-18(27(3,4)5)25(19)34-15-17-11-9-8-10-12-17/h8-14,35H,7,15H2,1-6H3. The average molecular weight is 509 g/mol. The lowest BCUT2D eigenvalue weighted by molar-refractivity contribution is 0.291. The lowest BCUT2D eigenvalue weighted by Gasteiger charge is -2.35. The number of rotatable bonds is 7. The first-order chi connectivity index (χ1) is 16.3. The third kappa shape index (κ3) is 5.53. The van der Waals surface area contributed by atoms with Gasteiger partial charge < -0.3 is 4.74 Å². The minimum absolute atomic E-state index is 0.269. The highest BCUT2D eigenvalue weighted by molar-refractivity contribution is 7.48. The van der Waals surface area contributed by atoms with Gasteiger partial charge in [-0.25, -0.2) is 22.0 Å². The van der Waals surface area contributed by atoms with Crippen molar-refractivity contribution in [2.75, 3.05) is 0 Å². The predicted octanol–water partition coefficient (Wildman–Crippen LogP) is 8.20. The Bertz CT molecular complexity index is 1190. The first-order valence-electron chi connectivity index (χ1n) is 11.4. The van der Waals surface area contributed by atoms with Gasteiger partial charge >= 0.3 is 0 Å². The first kappa shape index (κ1) is 27.1. The van der Waals surface area contributed by atoms with E-state index in [0.717, 1.165) is 16.7 Å². The van der Waals surface area contributed by atoms with Crippen LogP contribution in [-0.4, -0.2) is 0 Å². The summed E-state index contributed by atoms with van der Waals surface area (Å²) >= 11 is 0. The van der Waals surface area contributed by atoms with Crippen LogP contribution in [0.2, 0.25) is 0 Å². The number of ether oxygens (including phenoxy) is 1. The van der Waals surface area contributed by atoms with Crippen LogP contribution in [0.3, 0.4) is 0 Å². The third-order valence-electron chi connectivity index (χ3n) is 6.18. The number of aryl methyl sites for hydroxylation is 1. The van der Waals surface area contributed by atoms with Gasteiger partial charge in [-0.15, -0.1) is 0 Å². The Morgan fingerprint density at radius 1 is 0.771 bits per heavy atom. The molecule has 35 heavy (non-hydrogen) atoms. The topological polar surface area (TPSA) is 9.23 Å². The highest BCUT2D eigenvalue weighted by Crippen LogP contribution is 2.51. The largest absolute Gasteiger partial charge is 0.488 e. The smallest absolute Gasteiger partial charge is 0.200 e. The Balaban J connectivity index is 2.20. The van der Waals surface area contributed by atoms with Crippen LogP contribution >= 0.6 is 8.58 Å². The lowest BCUT2D eigenvalue weighted by atomic mass is 9.81. The molecule has 0 spiro atoms. The molecule has 0 bridgehead atoms. The van der Waals surface area contributed by atoms with E-state index < -0.39 is 48.1 Å². The molecule has 0 saturated carbocycles. The zero-order chi connectivity index (χ0) is 26.1. The van der Waals surface area contributed by atoms with Gasteiger partial charge in [0.25, 0.3) is 0 Å². The maximum absolute atomic E-state index is 14.7. The molecule has 0 aliphatic heterocycles. The number of halogens is 5. The summed E-state index contributed by atoms with van der Waals surface area (Å²) in [6.07, 6.45) is 0.389. The van der Waals surface area contributed by atoms with Crippen molar-refractivity contribution in [1.29, 1.82) is 0 Å². The monoisotopic (exact) mass is 508 g/mol. The van der Waals surface area contributed by atoms with Gasteiger partial charge in [0.1, 0.15) is 12.4 Å². The highest BCUT2D eigenvalue weighted by atomic mass is 31.1. The molecule has 2 unspecified atom stereocenters. The molecular weight excluding hydrogens is 478 g/mol. The molecule has 0 N–H and O–H groups in total. The van der Waals surface area contributed by atoms with E-state index in [1.54, 1.807) is 6.92 Å². The average Bonchev–Trinajstić information content (AvgIpc) is 2.83. The number of hydrogen-bond acceptors (Lipinski definition) is 1. The van der Waals surface area contributed by atoms with E-state index in [0.29, 0.717) is 17.7 Å². The molecule has 2 atom stereocenters. The summed E-state index contributed by atoms with van der Waals surface area (Å²) < 4.78 is 77.3. The van der Waals surface area contributed by atoms with Crippen molar-refractivity contribution in [3.63, 3.8) is 0 Å². The van der Waals surface area contributed by atoms with Gasteiger partial charge in [-0.2, -0.15) is 0 Å². The van der Waals surface area contributed by atoms with Gasteiger partial charge in [0, 0.05) is 16.3 Å². The molecule has 0 saturated heterocycles. The summed E-state index contributed by atoms with van der Waals surface area (Å²) in [5.41, 5.74) is 3.13. The van der Waals surface area contributed by atoms with Crippen molar-refractivity contribution in [2.24, 2.45) is 0 Å². The van der Waals surface area contributed by atoms with Crippen LogP contribution in [0.4, 0.5) is 22.0 Å². The van der Waals surface area contributed by atoms with E-state index in [4.69, 9.17) is 4.74 Å². The second kappa shape index (κ2) is 10.3. The molecule has 0 radical (unpaired) electrons. The van der Waals surface area contributed by atoms with Crippen LogP contribution < -0.4 is 10.0 Å². The molecule has 0 amide bonds. The van der Waals surface area contributed by atoms with Gasteiger partial charge in [0.2, 0.25) is 5.82 Å². The van der Waals surface area contributed by atoms with Crippen LogP contribution in [-0.2, 0) is 17.2 Å². The second-order valence-corrected chi connectivity index (χ2v) is 11.8. The van der Waals surface area contributed by atoms with Crippen molar-refractivity contribution in [1.82, 2.24) is 0 Å². The SMILES string of the molecule is CCC(C)(Pc1c(F)c(F)c(F)c(F)c1F)c1cc(C)cc(C(C)(C)C)c1OCc1ccccc1. The quantitative estimate of drug-likeness (QED) is 0.135. The zero-order valence-corrected chi connectivity index (χ0v) is 21.8. The fourth-order valence-electron chi connectivity index (χ4n) is 3.96. The molecule has 188 valence electrons. The molecule has 0 fully saturated rings. The van der Waals surface area contributed by atoms with Crippen LogP contribution in [0.25, 0.3) is 0 Å². The number of benzene rings is 3. The van der Waals surface area contributed by atoms with E-state index in [1.807, 2.05) is 77.1 Å². The lowest BCUT2D eigenvalue weighted by Crippen LogP contribution is -2.26. The van der Waals surface area contributed by atoms with Gasteiger partial charge in [-0.05, 0) is 24.3 Å². The summed E-state index contributed by atoms with van der Waals surface area (Å²) in [7, 11) is -0.720. The number of hydrogen-bond donors (Lipinski definition) is 0. The molecule has 3 rings (SSSR count). The summed E-state index contributed by atoms with van der Waals surface area (Å²) in [4.78, 5) is 0. The van der Waals surface area contributed by atoms with Crippen LogP contribution in [0.5, 0.6) is 5.75 Å². The van der Waals surface area contributed by atoms with Crippen molar-refractivity contribution < 1.29 is 26.7 Å². The summed E-state index contributed by atoms with van der Waals surface area (Å²) in [6, 6.07) is 13.5.